The summed E-state index contributed by atoms with van der Waals surface area (Å²) in [5.74, 6) is -2.25. The van der Waals surface area contributed by atoms with Crippen molar-refractivity contribution in [2.45, 2.75) is 32.2 Å². The molecule has 0 aliphatic rings. The predicted octanol–water partition coefficient (Wildman–Crippen LogP) is 4.89. The van der Waals surface area contributed by atoms with Gasteiger partial charge in [-0.3, -0.25) is 13.9 Å². The fourth-order valence-corrected chi connectivity index (χ4v) is 4.99. The first-order chi connectivity index (χ1) is 20.5. The molecule has 1 aromatic heterocycles. The van der Waals surface area contributed by atoms with Gasteiger partial charge in [0.05, 0.1) is 37.4 Å². The van der Waals surface area contributed by atoms with Crippen LogP contribution in [-0.2, 0) is 19.3 Å². The third-order valence-electron chi connectivity index (χ3n) is 7.21. The Morgan fingerprint density at radius 1 is 0.907 bits per heavy atom. The molecule has 0 fully saturated rings. The van der Waals surface area contributed by atoms with E-state index < -0.39 is 52.8 Å². The molecule has 0 aliphatic carbocycles. The lowest BCUT2D eigenvalue weighted by Gasteiger charge is -2.23. The van der Waals surface area contributed by atoms with Crippen LogP contribution in [0.2, 0.25) is 0 Å². The first-order valence-electron chi connectivity index (χ1n) is 13.4. The van der Waals surface area contributed by atoms with Gasteiger partial charge in [-0.15, -0.1) is 0 Å². The monoisotopic (exact) mass is 602 g/mol. The first-order valence-corrected chi connectivity index (χ1v) is 13.4. The van der Waals surface area contributed by atoms with E-state index in [0.717, 1.165) is 26.8 Å². The first kappa shape index (κ1) is 31.6. The second-order valence-electron chi connectivity index (χ2n) is 9.85. The Morgan fingerprint density at radius 3 is 2.26 bits per heavy atom. The summed E-state index contributed by atoms with van der Waals surface area (Å²) >= 11 is 0. The number of aromatic nitrogens is 2. The van der Waals surface area contributed by atoms with Crippen LogP contribution in [0.5, 0.6) is 5.75 Å². The Hall–Kier alpha value is -4.29. The summed E-state index contributed by atoms with van der Waals surface area (Å²) < 4.78 is 78.9. The quantitative estimate of drug-likeness (QED) is 0.189. The zero-order chi connectivity index (χ0) is 31.3. The van der Waals surface area contributed by atoms with Gasteiger partial charge in [0.2, 0.25) is 0 Å². The van der Waals surface area contributed by atoms with Crippen molar-refractivity contribution in [2.75, 3.05) is 27.2 Å². The standard InChI is InChI=1S/C31H31F5N4O3/c1-19-27(21-11-7-14-26(43-3)28(21)33)29(41)40(18-25(38-16-15-37-2)20-9-5-4-6-10-20)30(42)39(19)17-22-23(31(34,35)36)12-8-13-24(22)32/h4-14,25,37-38H,15-18H2,1-3H3. The van der Waals surface area contributed by atoms with Crippen molar-refractivity contribution >= 4 is 0 Å². The van der Waals surface area contributed by atoms with E-state index >= 15 is 4.39 Å². The van der Waals surface area contributed by atoms with Crippen LogP contribution < -0.4 is 26.6 Å². The lowest BCUT2D eigenvalue weighted by atomic mass is 10.0. The maximum atomic E-state index is 15.5. The van der Waals surface area contributed by atoms with Gasteiger partial charge in [0.1, 0.15) is 5.82 Å². The van der Waals surface area contributed by atoms with Gasteiger partial charge in [-0.05, 0) is 37.7 Å². The highest BCUT2D eigenvalue weighted by Crippen LogP contribution is 2.34. The fraction of sp³-hybridized carbons (Fsp3) is 0.290. The molecule has 2 N–H and O–H groups in total. The Kier molecular flexibility index (Phi) is 9.82. The summed E-state index contributed by atoms with van der Waals surface area (Å²) in [4.78, 5) is 27.9. The van der Waals surface area contributed by atoms with E-state index in [1.807, 2.05) is 0 Å². The van der Waals surface area contributed by atoms with Crippen LogP contribution >= 0.6 is 0 Å². The van der Waals surface area contributed by atoms with Gasteiger partial charge >= 0.3 is 11.9 Å². The van der Waals surface area contributed by atoms with Gasteiger partial charge in [-0.1, -0.05) is 48.5 Å². The van der Waals surface area contributed by atoms with Crippen LogP contribution in [0.4, 0.5) is 22.0 Å². The van der Waals surface area contributed by atoms with Crippen LogP contribution in [0.15, 0.2) is 76.3 Å². The Labute approximate surface area is 244 Å². The number of ether oxygens (including phenoxy) is 1. The van der Waals surface area contributed by atoms with Gasteiger partial charge in [-0.2, -0.15) is 13.2 Å². The average molecular weight is 603 g/mol. The zero-order valence-electron chi connectivity index (χ0n) is 23.8. The van der Waals surface area contributed by atoms with Gasteiger partial charge < -0.3 is 15.4 Å². The highest BCUT2D eigenvalue weighted by atomic mass is 19.4. The zero-order valence-corrected chi connectivity index (χ0v) is 23.8. The summed E-state index contributed by atoms with van der Waals surface area (Å²) in [7, 11) is 3.00. The molecule has 0 saturated heterocycles. The molecule has 12 heteroatoms. The van der Waals surface area contributed by atoms with Gasteiger partial charge in [0.25, 0.3) is 5.56 Å². The number of likely N-dealkylation sites (N-methyl/N-ethyl adjacent to an activating group) is 1. The number of rotatable bonds is 11. The van der Waals surface area contributed by atoms with Crippen molar-refractivity contribution in [1.82, 2.24) is 19.8 Å². The fourth-order valence-electron chi connectivity index (χ4n) is 4.99. The molecular formula is C31H31F5N4O3. The highest BCUT2D eigenvalue weighted by Gasteiger charge is 2.35. The van der Waals surface area contributed by atoms with Crippen molar-refractivity contribution in [1.29, 1.82) is 0 Å². The molecule has 1 atom stereocenters. The minimum absolute atomic E-state index is 0.130. The summed E-state index contributed by atoms with van der Waals surface area (Å²) in [6, 6.07) is 15.0. The Bertz CT molecular complexity index is 1700. The van der Waals surface area contributed by atoms with Crippen molar-refractivity contribution in [3.8, 4) is 16.9 Å². The molecule has 0 bridgehead atoms. The summed E-state index contributed by atoms with van der Waals surface area (Å²) in [5.41, 5.74) is -3.74. The van der Waals surface area contributed by atoms with Crippen molar-refractivity contribution in [3.05, 3.63) is 122 Å². The molecule has 0 saturated carbocycles. The predicted molar refractivity (Wildman–Crippen MR) is 153 cm³/mol. The third-order valence-corrected chi connectivity index (χ3v) is 7.21. The van der Waals surface area contributed by atoms with Crippen LogP contribution in [0.25, 0.3) is 11.1 Å². The summed E-state index contributed by atoms with van der Waals surface area (Å²) in [5, 5.41) is 6.28. The molecule has 4 aromatic rings. The minimum Gasteiger partial charge on any atom is -0.494 e. The second kappa shape index (κ2) is 13.3. The van der Waals surface area contributed by atoms with Gasteiger partial charge in [0, 0.05) is 29.9 Å². The number of alkyl halides is 3. The molecule has 0 radical (unpaired) electrons. The molecule has 228 valence electrons. The SMILES string of the molecule is CNCCNC(Cn1c(=O)c(-c2cccc(OC)c2F)c(C)n(Cc2c(F)cccc2C(F)(F)F)c1=O)c1ccccc1. The van der Waals surface area contributed by atoms with Crippen molar-refractivity contribution in [2.24, 2.45) is 0 Å². The van der Waals surface area contributed by atoms with E-state index in [0.29, 0.717) is 19.2 Å². The maximum absolute atomic E-state index is 15.5. The van der Waals surface area contributed by atoms with Gasteiger partial charge in [0.15, 0.2) is 11.6 Å². The van der Waals surface area contributed by atoms with Crippen LogP contribution in [0, 0.1) is 18.6 Å². The molecule has 43 heavy (non-hydrogen) atoms. The summed E-state index contributed by atoms with van der Waals surface area (Å²) in [6.45, 7) is 1.23. The minimum atomic E-state index is -4.92. The Morgan fingerprint density at radius 2 is 1.60 bits per heavy atom. The topological polar surface area (TPSA) is 77.3 Å². The molecule has 0 aliphatic heterocycles. The number of nitrogens with zero attached hydrogens (tertiary/aromatic N) is 2. The largest absolute Gasteiger partial charge is 0.494 e. The van der Waals surface area contributed by atoms with E-state index in [1.165, 1.54) is 32.2 Å². The lowest BCUT2D eigenvalue weighted by molar-refractivity contribution is -0.138. The van der Waals surface area contributed by atoms with E-state index in [-0.39, 0.29) is 29.1 Å². The smallest absolute Gasteiger partial charge is 0.416 e. The second-order valence-corrected chi connectivity index (χ2v) is 9.85. The number of halogens is 5. The molecule has 4 rings (SSSR count). The van der Waals surface area contributed by atoms with Gasteiger partial charge in [-0.25, -0.2) is 13.6 Å². The van der Waals surface area contributed by atoms with Crippen LogP contribution in [0.3, 0.4) is 0 Å². The van der Waals surface area contributed by atoms with E-state index in [1.54, 1.807) is 37.4 Å². The molecule has 0 amide bonds. The van der Waals surface area contributed by atoms with E-state index in [4.69, 9.17) is 4.74 Å². The van der Waals surface area contributed by atoms with Crippen molar-refractivity contribution < 1.29 is 26.7 Å². The lowest BCUT2D eigenvalue weighted by Crippen LogP contribution is -2.45. The van der Waals surface area contributed by atoms with Crippen LogP contribution in [0.1, 0.15) is 28.4 Å². The third kappa shape index (κ3) is 6.70. The molecule has 1 heterocycles. The van der Waals surface area contributed by atoms with E-state index in [2.05, 4.69) is 10.6 Å². The number of nitrogens with one attached hydrogen (secondary N) is 2. The van der Waals surface area contributed by atoms with Crippen molar-refractivity contribution in [3.63, 3.8) is 0 Å². The average Bonchev–Trinajstić information content (AvgIpc) is 2.98. The maximum Gasteiger partial charge on any atom is 0.416 e. The number of methoxy groups -OCH3 is 1. The highest BCUT2D eigenvalue weighted by molar-refractivity contribution is 5.67. The Balaban J connectivity index is 1.99. The molecule has 0 spiro atoms. The van der Waals surface area contributed by atoms with E-state index in [9.17, 15) is 27.2 Å². The molecular weight excluding hydrogens is 571 g/mol. The molecule has 7 nitrogen and oxygen atoms in total. The number of hydrogen-bond acceptors (Lipinski definition) is 5. The number of benzene rings is 3. The van der Waals surface area contributed by atoms with Crippen LogP contribution in [-0.4, -0.2) is 36.4 Å². The molecule has 3 aromatic carbocycles. The summed E-state index contributed by atoms with van der Waals surface area (Å²) in [6.07, 6.45) is -4.92. The number of hydrogen-bond donors (Lipinski definition) is 2. The normalized spacial score (nSPS) is 12.4. The molecule has 1 unspecified atom stereocenters.